The van der Waals surface area contributed by atoms with Crippen LogP contribution in [0.4, 0.5) is 11.4 Å². The summed E-state index contributed by atoms with van der Waals surface area (Å²) in [6, 6.07) is 11.8. The molecule has 5 rings (SSSR count). The average molecular weight is 417 g/mol. The Labute approximate surface area is 182 Å². The summed E-state index contributed by atoms with van der Waals surface area (Å²) in [5.41, 5.74) is 4.06. The third-order valence-corrected chi connectivity index (χ3v) is 6.70. The summed E-state index contributed by atoms with van der Waals surface area (Å²) in [4.78, 5) is 17.7. The zero-order valence-electron chi connectivity index (χ0n) is 18.4. The number of carbonyl (C=O) groups excluding carboxylic acids is 1. The predicted octanol–water partition coefficient (Wildman–Crippen LogP) is 3.88. The number of hydrogen-bond acceptors (Lipinski definition) is 5. The molecule has 2 N–H and O–H groups in total. The molecule has 31 heavy (non-hydrogen) atoms. The highest BCUT2D eigenvalue weighted by Crippen LogP contribution is 2.51. The van der Waals surface area contributed by atoms with Crippen molar-refractivity contribution in [2.45, 2.75) is 44.4 Å². The number of nitrogens with one attached hydrogen (secondary N) is 2. The number of amides is 1. The van der Waals surface area contributed by atoms with Gasteiger partial charge in [0.2, 0.25) is 0 Å². The highest BCUT2D eigenvalue weighted by Gasteiger charge is 2.48. The van der Waals surface area contributed by atoms with Crippen molar-refractivity contribution in [1.29, 1.82) is 0 Å². The van der Waals surface area contributed by atoms with E-state index in [1.54, 1.807) is 12.4 Å². The van der Waals surface area contributed by atoms with E-state index in [2.05, 4.69) is 58.7 Å². The van der Waals surface area contributed by atoms with Crippen LogP contribution in [0.5, 0.6) is 0 Å². The second-order valence-electron chi connectivity index (χ2n) is 9.73. The molecule has 0 saturated heterocycles. The Morgan fingerprint density at radius 3 is 2.74 bits per heavy atom. The second kappa shape index (κ2) is 6.90. The van der Waals surface area contributed by atoms with Gasteiger partial charge in [-0.3, -0.25) is 4.79 Å². The van der Waals surface area contributed by atoms with E-state index in [0.29, 0.717) is 11.6 Å². The molecule has 7 nitrogen and oxygen atoms in total. The molecule has 2 aliphatic rings. The molecule has 0 radical (unpaired) electrons. The maximum absolute atomic E-state index is 13.0. The highest BCUT2D eigenvalue weighted by atomic mass is 16.1. The molecule has 1 saturated carbocycles. The van der Waals surface area contributed by atoms with E-state index in [0.717, 1.165) is 47.8 Å². The Kier molecular flexibility index (Phi) is 4.39. The minimum Gasteiger partial charge on any atom is -0.383 e. The molecule has 2 aromatic heterocycles. The van der Waals surface area contributed by atoms with E-state index in [-0.39, 0.29) is 16.7 Å². The van der Waals surface area contributed by atoms with E-state index < -0.39 is 0 Å². The first-order valence-electron chi connectivity index (χ1n) is 10.8. The lowest BCUT2D eigenvalue weighted by molar-refractivity contribution is 0.102. The maximum atomic E-state index is 13.0. The van der Waals surface area contributed by atoms with Crippen molar-refractivity contribution in [2.24, 2.45) is 13.0 Å². The Bertz CT molecular complexity index is 1160. The molecule has 1 amide bonds. The maximum Gasteiger partial charge on any atom is 0.274 e. The van der Waals surface area contributed by atoms with E-state index >= 15 is 0 Å². The molecule has 3 aromatic rings. The molecule has 7 heteroatoms. The quantitative estimate of drug-likeness (QED) is 0.674. The first kappa shape index (κ1) is 19.7. The molecular formula is C24H28N6O. The van der Waals surface area contributed by atoms with Crippen LogP contribution in [-0.2, 0) is 17.9 Å². The minimum absolute atomic E-state index is 0.0884. The third-order valence-electron chi connectivity index (χ3n) is 6.70. The van der Waals surface area contributed by atoms with E-state index in [1.165, 1.54) is 0 Å². The summed E-state index contributed by atoms with van der Waals surface area (Å²) in [7, 11) is 1.99. The first-order valence-corrected chi connectivity index (χ1v) is 10.8. The van der Waals surface area contributed by atoms with Gasteiger partial charge >= 0.3 is 0 Å². The number of benzene rings is 1. The minimum atomic E-state index is -0.197. The van der Waals surface area contributed by atoms with Gasteiger partial charge in [0.05, 0.1) is 16.8 Å². The molecule has 0 spiro atoms. The number of pyridine rings is 1. The van der Waals surface area contributed by atoms with Gasteiger partial charge in [-0.1, -0.05) is 32.9 Å². The fourth-order valence-corrected chi connectivity index (χ4v) is 5.13. The van der Waals surface area contributed by atoms with Crippen LogP contribution in [0, 0.1) is 5.92 Å². The number of rotatable bonds is 4. The first-order chi connectivity index (χ1) is 14.8. The van der Waals surface area contributed by atoms with Crippen LogP contribution >= 0.6 is 0 Å². The number of carbonyl (C=O) groups is 1. The van der Waals surface area contributed by atoms with Gasteiger partial charge in [-0.25, -0.2) is 4.98 Å². The van der Waals surface area contributed by atoms with Crippen molar-refractivity contribution >= 4 is 17.3 Å². The Morgan fingerprint density at radius 2 is 2.03 bits per heavy atom. The second-order valence-corrected chi connectivity index (χ2v) is 9.73. The topological polar surface area (TPSA) is 84.7 Å². The van der Waals surface area contributed by atoms with Gasteiger partial charge in [0.1, 0.15) is 17.8 Å². The van der Waals surface area contributed by atoms with Crippen LogP contribution in [0.1, 0.15) is 61.2 Å². The molecule has 1 aliphatic carbocycles. The summed E-state index contributed by atoms with van der Waals surface area (Å²) in [6.45, 7) is 7.35. The molecule has 0 unspecified atom stereocenters. The average Bonchev–Trinajstić information content (AvgIpc) is 3.28. The number of aromatic nitrogens is 4. The molecule has 3 heterocycles. The lowest BCUT2D eigenvalue weighted by Crippen LogP contribution is -2.43. The van der Waals surface area contributed by atoms with Crippen molar-refractivity contribution in [2.75, 3.05) is 17.2 Å². The van der Waals surface area contributed by atoms with Gasteiger partial charge in [-0.2, -0.15) is 0 Å². The Balaban J connectivity index is 1.43. The van der Waals surface area contributed by atoms with Crippen LogP contribution in [-0.4, -0.2) is 32.2 Å². The van der Waals surface area contributed by atoms with Gasteiger partial charge in [-0.15, -0.1) is 10.2 Å². The number of fused-ring (bicyclic) bond motifs is 1. The Morgan fingerprint density at radius 1 is 1.23 bits per heavy atom. The fourth-order valence-electron chi connectivity index (χ4n) is 5.13. The smallest absolute Gasteiger partial charge is 0.274 e. The van der Waals surface area contributed by atoms with Crippen molar-refractivity contribution < 1.29 is 4.79 Å². The lowest BCUT2D eigenvalue weighted by Gasteiger charge is -2.46. The molecule has 1 fully saturated rings. The van der Waals surface area contributed by atoms with E-state index in [4.69, 9.17) is 0 Å². The van der Waals surface area contributed by atoms with Crippen LogP contribution in [0.25, 0.3) is 0 Å². The summed E-state index contributed by atoms with van der Waals surface area (Å²) in [5, 5.41) is 14.9. The summed E-state index contributed by atoms with van der Waals surface area (Å²) in [6.07, 6.45) is 3.79. The highest BCUT2D eigenvalue weighted by molar-refractivity contribution is 6.03. The van der Waals surface area contributed by atoms with Crippen molar-refractivity contribution in [3.05, 3.63) is 65.5 Å². The fraction of sp³-hybridized carbons (Fsp3) is 0.417. The third kappa shape index (κ3) is 3.19. The molecule has 0 bridgehead atoms. The van der Waals surface area contributed by atoms with Crippen LogP contribution in [0.2, 0.25) is 0 Å². The molecular weight excluding hydrogens is 388 g/mol. The summed E-state index contributed by atoms with van der Waals surface area (Å²) in [5.74, 6) is 1.41. The van der Waals surface area contributed by atoms with Crippen molar-refractivity contribution in [3.8, 4) is 0 Å². The molecule has 0 atom stereocenters. The summed E-state index contributed by atoms with van der Waals surface area (Å²) < 4.78 is 2.00. The van der Waals surface area contributed by atoms with Crippen molar-refractivity contribution in [3.63, 3.8) is 0 Å². The number of hydrogen-bond donors (Lipinski definition) is 2. The van der Waals surface area contributed by atoms with Crippen LogP contribution in [0.3, 0.4) is 0 Å². The Hall–Kier alpha value is -3.22. The van der Waals surface area contributed by atoms with Gasteiger partial charge in [0.25, 0.3) is 5.91 Å². The van der Waals surface area contributed by atoms with Gasteiger partial charge < -0.3 is 15.2 Å². The van der Waals surface area contributed by atoms with Crippen molar-refractivity contribution in [1.82, 2.24) is 19.7 Å². The predicted molar refractivity (Wildman–Crippen MR) is 120 cm³/mol. The normalized spacial score (nSPS) is 23.5. The van der Waals surface area contributed by atoms with Gasteiger partial charge in [-0.05, 0) is 48.6 Å². The van der Waals surface area contributed by atoms with Gasteiger partial charge in [0.15, 0.2) is 0 Å². The zero-order chi connectivity index (χ0) is 21.8. The molecule has 1 aliphatic heterocycles. The van der Waals surface area contributed by atoms with Gasteiger partial charge in [0, 0.05) is 24.7 Å². The SMILES string of the molecule is CC1CC(c2cccc(NC(=O)c3ccc4c(n3)C(C)(C)CN4)c2)(c2nncn2C)C1. The molecule has 160 valence electrons. The zero-order valence-corrected chi connectivity index (χ0v) is 18.4. The van der Waals surface area contributed by atoms with Crippen LogP contribution < -0.4 is 10.6 Å². The van der Waals surface area contributed by atoms with E-state index in [9.17, 15) is 4.79 Å². The molecule has 1 aromatic carbocycles. The van der Waals surface area contributed by atoms with E-state index in [1.807, 2.05) is 29.8 Å². The summed E-state index contributed by atoms with van der Waals surface area (Å²) >= 11 is 0. The monoisotopic (exact) mass is 416 g/mol. The number of anilines is 2. The standard InChI is InChI=1S/C24H28N6O/c1-15-11-24(12-15,22-29-26-14-30(22)4)16-6-5-7-17(10-16)27-21(31)19-9-8-18-20(28-19)23(2,3)13-25-18/h5-10,14-15,25H,11-13H2,1-4H3,(H,27,31). The largest absolute Gasteiger partial charge is 0.383 e. The number of aryl methyl sites for hydroxylation is 1. The van der Waals surface area contributed by atoms with Crippen LogP contribution in [0.15, 0.2) is 42.7 Å². The lowest BCUT2D eigenvalue weighted by atomic mass is 9.58. The number of nitrogens with zero attached hydrogens (tertiary/aromatic N) is 4.